The largest absolute Gasteiger partial charge is 0.336 e. The molecule has 1 aromatic heterocycles. The van der Waals surface area contributed by atoms with E-state index in [0.29, 0.717) is 0 Å². The van der Waals surface area contributed by atoms with Gasteiger partial charge in [-0.3, -0.25) is 0 Å². The standard InChI is InChI=1S/C33H33N3S/c1-5-34-32-23(3)12-6-7-13-25(27-15-9-11-17-30(27)32)20-24(4)35-33-36-31(21-37-33)29-19-18-22(2)26-14-8-10-16-28(26)29/h6-19,21,25,32,34H,3-5,20H2,1-2H3,(H,35,36)/b12-6-,13-7-. The summed E-state index contributed by atoms with van der Waals surface area (Å²) in [5.74, 6) is 0.188. The lowest BCUT2D eigenvalue weighted by Gasteiger charge is -2.25. The SMILES string of the molecule is C=C(CC1/C=C\C=C/C(=C)C(NCC)c2ccccc21)Nc1nc(-c2ccc(C)c3ccccc23)cs1. The summed E-state index contributed by atoms with van der Waals surface area (Å²) in [7, 11) is 0. The van der Waals surface area contributed by atoms with Gasteiger partial charge in [0.25, 0.3) is 0 Å². The summed E-state index contributed by atoms with van der Waals surface area (Å²) in [5, 5.41) is 12.6. The van der Waals surface area contributed by atoms with Crippen LogP contribution in [0.5, 0.6) is 0 Å². The van der Waals surface area contributed by atoms with E-state index < -0.39 is 0 Å². The number of benzene rings is 3. The fourth-order valence-electron chi connectivity index (χ4n) is 5.11. The third kappa shape index (κ3) is 5.36. The van der Waals surface area contributed by atoms with Gasteiger partial charge in [0.05, 0.1) is 11.7 Å². The van der Waals surface area contributed by atoms with Crippen molar-refractivity contribution in [2.75, 3.05) is 11.9 Å². The molecule has 0 saturated heterocycles. The molecule has 1 aliphatic carbocycles. The van der Waals surface area contributed by atoms with Crippen LogP contribution in [0.25, 0.3) is 22.0 Å². The predicted octanol–water partition coefficient (Wildman–Crippen LogP) is 8.70. The van der Waals surface area contributed by atoms with E-state index in [0.717, 1.165) is 40.6 Å². The van der Waals surface area contributed by atoms with Crippen LogP contribution < -0.4 is 10.6 Å². The molecule has 2 unspecified atom stereocenters. The molecule has 3 aromatic carbocycles. The number of hydrogen-bond donors (Lipinski definition) is 2. The Labute approximate surface area is 224 Å². The number of anilines is 1. The van der Waals surface area contributed by atoms with E-state index in [4.69, 9.17) is 4.98 Å². The summed E-state index contributed by atoms with van der Waals surface area (Å²) in [6.07, 6.45) is 9.34. The van der Waals surface area contributed by atoms with E-state index in [1.54, 1.807) is 11.3 Å². The summed E-state index contributed by atoms with van der Waals surface area (Å²) in [6, 6.07) is 21.6. The van der Waals surface area contributed by atoms with Crippen molar-refractivity contribution in [2.24, 2.45) is 0 Å². The summed E-state index contributed by atoms with van der Waals surface area (Å²) < 4.78 is 0. The number of thiazole rings is 1. The highest BCUT2D eigenvalue weighted by atomic mass is 32.1. The Morgan fingerprint density at radius 3 is 2.54 bits per heavy atom. The van der Waals surface area contributed by atoms with Gasteiger partial charge in [0.15, 0.2) is 5.13 Å². The van der Waals surface area contributed by atoms with Gasteiger partial charge < -0.3 is 10.6 Å². The molecule has 1 heterocycles. The Morgan fingerprint density at radius 1 is 0.973 bits per heavy atom. The van der Waals surface area contributed by atoms with Crippen molar-refractivity contribution < 1.29 is 0 Å². The second kappa shape index (κ2) is 11.1. The highest BCUT2D eigenvalue weighted by molar-refractivity contribution is 7.14. The first-order chi connectivity index (χ1) is 18.0. The van der Waals surface area contributed by atoms with Gasteiger partial charge in [-0.1, -0.05) is 105 Å². The van der Waals surface area contributed by atoms with E-state index in [9.17, 15) is 0 Å². The fourth-order valence-corrected chi connectivity index (χ4v) is 5.86. The number of nitrogens with one attached hydrogen (secondary N) is 2. The van der Waals surface area contributed by atoms with Crippen LogP contribution >= 0.6 is 11.3 Å². The minimum absolute atomic E-state index is 0.0897. The Balaban J connectivity index is 1.38. The van der Waals surface area contributed by atoms with E-state index in [2.05, 4.69) is 128 Å². The molecule has 5 rings (SSSR count). The van der Waals surface area contributed by atoms with Crippen LogP contribution in [0.4, 0.5) is 5.13 Å². The van der Waals surface area contributed by atoms with Gasteiger partial charge in [0.1, 0.15) is 0 Å². The van der Waals surface area contributed by atoms with Gasteiger partial charge in [0.2, 0.25) is 0 Å². The van der Waals surface area contributed by atoms with Crippen LogP contribution in [0.1, 0.15) is 42.0 Å². The van der Waals surface area contributed by atoms with Crippen molar-refractivity contribution in [3.05, 3.63) is 131 Å². The van der Waals surface area contributed by atoms with Gasteiger partial charge in [-0.05, 0) is 52.9 Å². The minimum Gasteiger partial charge on any atom is -0.336 e. The molecule has 1 aliphatic rings. The van der Waals surface area contributed by atoms with Gasteiger partial charge in [0, 0.05) is 22.6 Å². The van der Waals surface area contributed by atoms with Crippen molar-refractivity contribution in [3.8, 4) is 11.3 Å². The van der Waals surface area contributed by atoms with E-state index >= 15 is 0 Å². The van der Waals surface area contributed by atoms with Gasteiger partial charge >= 0.3 is 0 Å². The molecule has 0 saturated carbocycles. The molecule has 4 heteroatoms. The number of hydrogen-bond acceptors (Lipinski definition) is 4. The predicted molar refractivity (Wildman–Crippen MR) is 160 cm³/mol. The number of aromatic nitrogens is 1. The topological polar surface area (TPSA) is 37.0 Å². The molecular formula is C33H33N3S. The monoisotopic (exact) mass is 503 g/mol. The molecular weight excluding hydrogens is 470 g/mol. The maximum Gasteiger partial charge on any atom is 0.187 e. The lowest BCUT2D eigenvalue weighted by molar-refractivity contribution is 0.621. The number of fused-ring (bicyclic) bond motifs is 2. The van der Waals surface area contributed by atoms with E-state index in [1.165, 1.54) is 27.5 Å². The summed E-state index contributed by atoms with van der Waals surface area (Å²) in [5.41, 5.74) is 8.00. The third-order valence-corrected chi connectivity index (χ3v) is 7.68. The Bertz CT molecular complexity index is 1510. The lowest BCUT2D eigenvalue weighted by Crippen LogP contribution is -2.23. The zero-order valence-corrected chi connectivity index (χ0v) is 22.3. The smallest absolute Gasteiger partial charge is 0.187 e. The number of aryl methyl sites for hydroxylation is 1. The fraction of sp³-hybridized carbons (Fsp3) is 0.182. The highest BCUT2D eigenvalue weighted by Gasteiger charge is 2.22. The molecule has 0 radical (unpaired) electrons. The molecule has 0 bridgehead atoms. The number of likely N-dealkylation sites (N-methyl/N-ethyl adjacent to an activating group) is 1. The number of allylic oxidation sites excluding steroid dienone is 4. The van der Waals surface area contributed by atoms with Crippen LogP contribution in [-0.4, -0.2) is 11.5 Å². The number of rotatable bonds is 7. The van der Waals surface area contributed by atoms with Crippen molar-refractivity contribution in [2.45, 2.75) is 32.2 Å². The van der Waals surface area contributed by atoms with Crippen LogP contribution in [0.15, 0.2) is 115 Å². The Hall–Kier alpha value is -3.73. The molecule has 2 atom stereocenters. The average Bonchev–Trinajstić information content (AvgIpc) is 3.38. The molecule has 186 valence electrons. The van der Waals surface area contributed by atoms with E-state index in [1.807, 2.05) is 0 Å². The first kappa shape index (κ1) is 24.9. The minimum atomic E-state index is 0.0897. The molecule has 3 nitrogen and oxygen atoms in total. The van der Waals surface area contributed by atoms with Crippen molar-refractivity contribution in [3.63, 3.8) is 0 Å². The third-order valence-electron chi connectivity index (χ3n) is 6.92. The zero-order chi connectivity index (χ0) is 25.8. The first-order valence-corrected chi connectivity index (χ1v) is 13.7. The lowest BCUT2D eigenvalue weighted by atomic mass is 9.86. The first-order valence-electron chi connectivity index (χ1n) is 12.8. The molecule has 2 N–H and O–H groups in total. The Kier molecular flexibility index (Phi) is 7.50. The summed E-state index contributed by atoms with van der Waals surface area (Å²) >= 11 is 1.62. The second-order valence-electron chi connectivity index (χ2n) is 9.49. The van der Waals surface area contributed by atoms with Crippen LogP contribution in [0.2, 0.25) is 0 Å². The molecule has 0 spiro atoms. The quantitative estimate of drug-likeness (QED) is 0.265. The van der Waals surface area contributed by atoms with Crippen molar-refractivity contribution in [1.29, 1.82) is 0 Å². The molecule has 4 aromatic rings. The van der Waals surface area contributed by atoms with Gasteiger partial charge in [-0.2, -0.15) is 0 Å². The van der Waals surface area contributed by atoms with Crippen LogP contribution in [0.3, 0.4) is 0 Å². The van der Waals surface area contributed by atoms with Crippen molar-refractivity contribution >= 4 is 27.2 Å². The normalized spacial score (nSPS) is 18.9. The van der Waals surface area contributed by atoms with Crippen molar-refractivity contribution in [1.82, 2.24) is 10.3 Å². The van der Waals surface area contributed by atoms with Crippen LogP contribution in [-0.2, 0) is 0 Å². The highest BCUT2D eigenvalue weighted by Crippen LogP contribution is 2.36. The van der Waals surface area contributed by atoms with E-state index in [-0.39, 0.29) is 12.0 Å². The van der Waals surface area contributed by atoms with Gasteiger partial charge in [-0.25, -0.2) is 4.98 Å². The maximum absolute atomic E-state index is 4.93. The molecule has 0 fully saturated rings. The zero-order valence-electron chi connectivity index (χ0n) is 21.5. The summed E-state index contributed by atoms with van der Waals surface area (Å²) in [4.78, 5) is 4.93. The molecule has 0 aliphatic heterocycles. The second-order valence-corrected chi connectivity index (χ2v) is 10.3. The number of nitrogens with zero attached hydrogens (tertiary/aromatic N) is 1. The Morgan fingerprint density at radius 2 is 1.73 bits per heavy atom. The molecule has 37 heavy (non-hydrogen) atoms. The molecule has 0 amide bonds. The maximum atomic E-state index is 4.93. The van der Waals surface area contributed by atoms with Gasteiger partial charge in [-0.15, -0.1) is 11.3 Å². The summed E-state index contributed by atoms with van der Waals surface area (Å²) in [6.45, 7) is 13.9. The average molecular weight is 504 g/mol. The van der Waals surface area contributed by atoms with Crippen LogP contribution in [0, 0.1) is 6.92 Å².